The van der Waals surface area contributed by atoms with Gasteiger partial charge in [0, 0.05) is 32.2 Å². The third kappa shape index (κ3) is 4.31. The zero-order valence-corrected chi connectivity index (χ0v) is 17.5. The van der Waals surface area contributed by atoms with Crippen molar-refractivity contribution in [3.8, 4) is 5.75 Å². The van der Waals surface area contributed by atoms with Crippen molar-refractivity contribution in [1.29, 1.82) is 0 Å². The second-order valence-corrected chi connectivity index (χ2v) is 8.37. The largest absolute Gasteiger partial charge is 0.482 e. The van der Waals surface area contributed by atoms with Gasteiger partial charge in [-0.3, -0.25) is 9.80 Å². The quantitative estimate of drug-likeness (QED) is 0.704. The Labute approximate surface area is 173 Å². The van der Waals surface area contributed by atoms with Crippen molar-refractivity contribution in [2.24, 2.45) is 11.8 Å². The summed E-state index contributed by atoms with van der Waals surface area (Å²) in [6.07, 6.45) is 0. The Balaban J connectivity index is 1.38. The molecule has 0 amide bonds. The van der Waals surface area contributed by atoms with Crippen LogP contribution in [0.1, 0.15) is 22.7 Å². The molecule has 0 saturated carbocycles. The van der Waals surface area contributed by atoms with Gasteiger partial charge in [0.25, 0.3) is 0 Å². The Hall–Kier alpha value is -2.37. The first-order chi connectivity index (χ1) is 14.0. The number of hydrogen-bond donors (Lipinski definition) is 0. The maximum atomic E-state index is 11.2. The number of hydrogen-bond acceptors (Lipinski definition) is 5. The highest BCUT2D eigenvalue weighted by Crippen LogP contribution is 2.45. The van der Waals surface area contributed by atoms with Crippen LogP contribution in [0.25, 0.3) is 0 Å². The zero-order chi connectivity index (χ0) is 20.4. The van der Waals surface area contributed by atoms with Crippen LogP contribution < -0.4 is 4.74 Å². The summed E-state index contributed by atoms with van der Waals surface area (Å²) < 4.78 is 10.0. The molecule has 2 fully saturated rings. The van der Waals surface area contributed by atoms with Crippen LogP contribution in [0.5, 0.6) is 5.75 Å². The summed E-state index contributed by atoms with van der Waals surface area (Å²) in [7, 11) is 3.63. The second-order valence-electron chi connectivity index (χ2n) is 8.37. The molecule has 0 unspecified atom stereocenters. The van der Waals surface area contributed by atoms with Crippen LogP contribution in [0.3, 0.4) is 0 Å². The molecule has 0 radical (unpaired) electrons. The first-order valence-corrected chi connectivity index (χ1v) is 10.3. The normalized spacial score (nSPS) is 24.4. The fourth-order valence-electron chi connectivity index (χ4n) is 5.02. The molecular formula is C24H30N2O3. The second kappa shape index (κ2) is 8.56. The molecule has 2 saturated heterocycles. The lowest BCUT2D eigenvalue weighted by Crippen LogP contribution is -2.29. The van der Waals surface area contributed by atoms with Crippen LogP contribution in [0.2, 0.25) is 0 Å². The van der Waals surface area contributed by atoms with Gasteiger partial charge in [-0.05, 0) is 54.6 Å². The molecule has 3 atom stereocenters. The van der Waals surface area contributed by atoms with Crippen LogP contribution in [-0.4, -0.2) is 56.2 Å². The van der Waals surface area contributed by atoms with Gasteiger partial charge in [0.1, 0.15) is 5.75 Å². The molecule has 5 nitrogen and oxygen atoms in total. The van der Waals surface area contributed by atoms with Gasteiger partial charge in [-0.2, -0.15) is 0 Å². The van der Waals surface area contributed by atoms with Gasteiger partial charge in [0.15, 0.2) is 6.61 Å². The van der Waals surface area contributed by atoms with E-state index in [9.17, 15) is 4.79 Å². The Bertz CT molecular complexity index is 851. The van der Waals surface area contributed by atoms with Crippen molar-refractivity contribution < 1.29 is 14.3 Å². The Morgan fingerprint density at radius 1 is 1.07 bits per heavy atom. The number of nitrogens with zero attached hydrogens (tertiary/aromatic N) is 2. The van der Waals surface area contributed by atoms with Gasteiger partial charge < -0.3 is 9.47 Å². The summed E-state index contributed by atoms with van der Waals surface area (Å²) in [5.41, 5.74) is 4.15. The Kier molecular flexibility index (Phi) is 5.88. The third-order valence-electron chi connectivity index (χ3n) is 6.39. The number of benzene rings is 2. The Morgan fingerprint density at radius 3 is 2.55 bits per heavy atom. The maximum Gasteiger partial charge on any atom is 0.343 e. The van der Waals surface area contributed by atoms with E-state index in [2.05, 4.69) is 64.9 Å². The molecule has 0 N–H and O–H groups in total. The van der Waals surface area contributed by atoms with E-state index >= 15 is 0 Å². The van der Waals surface area contributed by atoms with Crippen molar-refractivity contribution in [3.63, 3.8) is 0 Å². The number of likely N-dealkylation sites (tertiary alicyclic amines) is 2. The Morgan fingerprint density at radius 2 is 1.83 bits per heavy atom. The predicted molar refractivity (Wildman–Crippen MR) is 113 cm³/mol. The molecule has 0 aromatic heterocycles. The number of ether oxygens (including phenoxy) is 2. The maximum absolute atomic E-state index is 11.2. The number of methoxy groups -OCH3 is 1. The van der Waals surface area contributed by atoms with Crippen molar-refractivity contribution in [2.45, 2.75) is 19.5 Å². The van der Waals surface area contributed by atoms with E-state index in [1.807, 2.05) is 12.1 Å². The molecule has 2 aliphatic heterocycles. The lowest BCUT2D eigenvalue weighted by molar-refractivity contribution is -0.142. The lowest BCUT2D eigenvalue weighted by Gasteiger charge is -2.28. The van der Waals surface area contributed by atoms with Crippen molar-refractivity contribution in [1.82, 2.24) is 9.80 Å². The van der Waals surface area contributed by atoms with Crippen LogP contribution in [0.4, 0.5) is 0 Å². The molecule has 4 rings (SSSR count). The van der Waals surface area contributed by atoms with Crippen molar-refractivity contribution >= 4 is 5.97 Å². The number of fused-ring (bicyclic) bond motifs is 1. The minimum atomic E-state index is -0.370. The fourth-order valence-corrected chi connectivity index (χ4v) is 5.02. The predicted octanol–water partition coefficient (Wildman–Crippen LogP) is 3.28. The smallest absolute Gasteiger partial charge is 0.343 e. The van der Waals surface area contributed by atoms with E-state index in [-0.39, 0.29) is 12.6 Å². The van der Waals surface area contributed by atoms with E-state index < -0.39 is 0 Å². The molecule has 0 bridgehead atoms. The topological polar surface area (TPSA) is 42.0 Å². The van der Waals surface area contributed by atoms with Gasteiger partial charge in [0.05, 0.1) is 7.11 Å². The number of carbonyl (C=O) groups is 1. The van der Waals surface area contributed by atoms with Crippen LogP contribution in [0.15, 0.2) is 48.5 Å². The average molecular weight is 395 g/mol. The molecule has 2 aliphatic rings. The minimum absolute atomic E-state index is 0.0564. The van der Waals surface area contributed by atoms with Crippen LogP contribution in [-0.2, 0) is 16.1 Å². The number of esters is 1. The van der Waals surface area contributed by atoms with E-state index in [1.165, 1.54) is 30.3 Å². The summed E-state index contributed by atoms with van der Waals surface area (Å²) in [4.78, 5) is 16.3. The third-order valence-corrected chi connectivity index (χ3v) is 6.39. The molecule has 5 heteroatoms. The highest BCUT2D eigenvalue weighted by atomic mass is 16.6. The summed E-state index contributed by atoms with van der Waals surface area (Å²) in [5, 5.41) is 0. The van der Waals surface area contributed by atoms with Crippen LogP contribution >= 0.6 is 0 Å². The summed E-state index contributed by atoms with van der Waals surface area (Å²) >= 11 is 0. The molecule has 2 heterocycles. The van der Waals surface area contributed by atoms with Gasteiger partial charge >= 0.3 is 5.97 Å². The van der Waals surface area contributed by atoms with Gasteiger partial charge in [-0.1, -0.05) is 36.4 Å². The van der Waals surface area contributed by atoms with Gasteiger partial charge in [0.2, 0.25) is 0 Å². The molecule has 154 valence electrons. The summed E-state index contributed by atoms with van der Waals surface area (Å²) in [6.45, 7) is 6.58. The van der Waals surface area contributed by atoms with Gasteiger partial charge in [-0.15, -0.1) is 0 Å². The molecular weight excluding hydrogens is 364 g/mol. The lowest BCUT2D eigenvalue weighted by atomic mass is 9.88. The van der Waals surface area contributed by atoms with Gasteiger partial charge in [-0.25, -0.2) is 4.79 Å². The fraction of sp³-hybridized carbons (Fsp3) is 0.458. The molecule has 0 spiro atoms. The average Bonchev–Trinajstić information content (AvgIpc) is 3.23. The molecule has 2 aromatic rings. The highest BCUT2D eigenvalue weighted by Gasteiger charge is 2.46. The number of carbonyl (C=O) groups excluding carboxylic acids is 1. The first kappa shape index (κ1) is 19.9. The molecule has 0 aliphatic carbocycles. The standard InChI is InChI=1S/C24H30N2O3/c1-17-6-4-5-7-21(17)24-22-15-26(14-19(22)13-25(24)2)12-18-8-10-20(11-9-18)29-16-23(27)28-3/h4-11,19,22,24H,12-16H2,1-3H3/t19-,22+,24+/m0/s1. The first-order valence-electron chi connectivity index (χ1n) is 10.3. The molecule has 29 heavy (non-hydrogen) atoms. The summed E-state index contributed by atoms with van der Waals surface area (Å²) in [6, 6.07) is 17.4. The van der Waals surface area contributed by atoms with Crippen LogP contribution in [0, 0.1) is 18.8 Å². The summed E-state index contributed by atoms with van der Waals surface area (Å²) in [5.74, 6) is 1.74. The zero-order valence-electron chi connectivity index (χ0n) is 17.5. The van der Waals surface area contributed by atoms with Crippen molar-refractivity contribution in [2.75, 3.05) is 40.4 Å². The van der Waals surface area contributed by atoms with E-state index in [0.29, 0.717) is 17.7 Å². The van der Waals surface area contributed by atoms with Crippen molar-refractivity contribution in [3.05, 3.63) is 65.2 Å². The number of aryl methyl sites for hydroxylation is 1. The monoisotopic (exact) mass is 394 g/mol. The van der Waals surface area contributed by atoms with E-state index in [4.69, 9.17) is 4.74 Å². The minimum Gasteiger partial charge on any atom is -0.482 e. The van der Waals surface area contributed by atoms with E-state index in [0.717, 1.165) is 25.6 Å². The van der Waals surface area contributed by atoms with E-state index in [1.54, 1.807) is 0 Å². The molecule has 2 aromatic carbocycles. The highest BCUT2D eigenvalue weighted by molar-refractivity contribution is 5.70. The SMILES string of the molecule is COC(=O)COc1ccc(CN2C[C@@H]3CN(C)[C@H](c4ccccc4C)[C@@H]3C2)cc1. The number of rotatable bonds is 6.